The van der Waals surface area contributed by atoms with Gasteiger partial charge in [0.1, 0.15) is 23.3 Å². The number of furan rings is 1. The van der Waals surface area contributed by atoms with Gasteiger partial charge in [-0.3, -0.25) is 9.59 Å². The summed E-state index contributed by atoms with van der Waals surface area (Å²) in [5.41, 5.74) is 3.09. The third-order valence-electron chi connectivity index (χ3n) is 4.73. The first-order valence-electron chi connectivity index (χ1n) is 10.8. The van der Waals surface area contributed by atoms with Gasteiger partial charge in [-0.1, -0.05) is 48.7 Å². The molecule has 3 aromatic rings. The molecular formula is C25H24Cl3N3O4. The average molecular weight is 537 g/mol. The van der Waals surface area contributed by atoms with Crippen molar-refractivity contribution in [1.29, 1.82) is 0 Å². The van der Waals surface area contributed by atoms with E-state index in [2.05, 4.69) is 15.8 Å². The Bertz CT molecular complexity index is 1190. The maximum absolute atomic E-state index is 12.7. The van der Waals surface area contributed by atoms with Crippen LogP contribution in [0.25, 0.3) is 11.3 Å². The van der Waals surface area contributed by atoms with Gasteiger partial charge in [0.15, 0.2) is 6.61 Å². The van der Waals surface area contributed by atoms with Crippen molar-refractivity contribution in [3.63, 3.8) is 0 Å². The zero-order chi connectivity index (χ0) is 25.4. The lowest BCUT2D eigenvalue weighted by atomic mass is 10.0. The lowest BCUT2D eigenvalue weighted by Crippen LogP contribution is -2.47. The Morgan fingerprint density at radius 3 is 2.46 bits per heavy atom. The fourth-order valence-corrected chi connectivity index (χ4v) is 3.62. The minimum atomic E-state index is -0.786. The van der Waals surface area contributed by atoms with E-state index in [0.717, 1.165) is 0 Å². The molecule has 2 aromatic carbocycles. The van der Waals surface area contributed by atoms with Gasteiger partial charge in [0.05, 0.1) is 11.2 Å². The monoisotopic (exact) mass is 535 g/mol. The minimum Gasteiger partial charge on any atom is -0.484 e. The Morgan fingerprint density at radius 1 is 1.03 bits per heavy atom. The fraction of sp³-hybridized carbons (Fsp3) is 0.240. The Kier molecular flexibility index (Phi) is 9.60. The molecule has 0 saturated heterocycles. The van der Waals surface area contributed by atoms with E-state index in [9.17, 15) is 9.59 Å². The summed E-state index contributed by atoms with van der Waals surface area (Å²) in [4.78, 5) is 25.0. The van der Waals surface area contributed by atoms with Crippen molar-refractivity contribution in [2.75, 3.05) is 6.61 Å². The lowest BCUT2D eigenvalue weighted by Gasteiger charge is -2.19. The van der Waals surface area contributed by atoms with Crippen LogP contribution in [-0.4, -0.2) is 30.7 Å². The van der Waals surface area contributed by atoms with E-state index in [4.69, 9.17) is 44.0 Å². The number of hydrogen-bond donors (Lipinski definition) is 2. The van der Waals surface area contributed by atoms with Crippen molar-refractivity contribution in [3.05, 3.63) is 75.4 Å². The first-order chi connectivity index (χ1) is 16.7. The van der Waals surface area contributed by atoms with E-state index in [1.54, 1.807) is 54.6 Å². The predicted molar refractivity (Wildman–Crippen MR) is 138 cm³/mol. The Labute approximate surface area is 218 Å². The average Bonchev–Trinajstić information content (AvgIpc) is 3.28. The Balaban J connectivity index is 1.57. The summed E-state index contributed by atoms with van der Waals surface area (Å²) in [6.45, 7) is 3.66. The van der Waals surface area contributed by atoms with Crippen LogP contribution in [0.15, 0.2) is 64.1 Å². The summed E-state index contributed by atoms with van der Waals surface area (Å²) in [7, 11) is 0. The molecule has 35 heavy (non-hydrogen) atoms. The van der Waals surface area contributed by atoms with Gasteiger partial charge in [-0.2, -0.15) is 5.10 Å². The van der Waals surface area contributed by atoms with Crippen LogP contribution in [0.3, 0.4) is 0 Å². The van der Waals surface area contributed by atoms with Gasteiger partial charge in [0, 0.05) is 15.6 Å². The van der Waals surface area contributed by atoms with Gasteiger partial charge < -0.3 is 14.5 Å². The van der Waals surface area contributed by atoms with E-state index >= 15 is 0 Å². The standard InChI is InChI=1S/C25H24Cl3N3O4/c1-15(2)11-22(30-24(32)14-34-18-6-3-16(26)4-7-18)25(33)31-29-13-19-8-10-23(35-19)20-12-17(27)5-9-21(20)28/h3-10,12-13,15,22H,11,14H2,1-2H3,(H,30,32)(H,31,33)/b29-13-/t22-/m1/s1. The van der Waals surface area contributed by atoms with Crippen LogP contribution in [0, 0.1) is 5.92 Å². The molecule has 3 rings (SSSR count). The minimum absolute atomic E-state index is 0.155. The first kappa shape index (κ1) is 26.6. The molecular weight excluding hydrogens is 513 g/mol. The number of halogens is 3. The number of hydrogen-bond acceptors (Lipinski definition) is 5. The highest BCUT2D eigenvalue weighted by Gasteiger charge is 2.22. The number of nitrogens with zero attached hydrogens (tertiary/aromatic N) is 1. The topological polar surface area (TPSA) is 92.9 Å². The van der Waals surface area contributed by atoms with Crippen molar-refractivity contribution in [1.82, 2.24) is 10.7 Å². The molecule has 0 aliphatic carbocycles. The fourth-order valence-electron chi connectivity index (χ4n) is 3.11. The largest absolute Gasteiger partial charge is 0.484 e. The number of hydrazone groups is 1. The molecule has 1 atom stereocenters. The van der Waals surface area contributed by atoms with Gasteiger partial charge in [-0.15, -0.1) is 0 Å². The molecule has 1 aromatic heterocycles. The van der Waals surface area contributed by atoms with Crippen LogP contribution >= 0.6 is 34.8 Å². The molecule has 0 aliphatic heterocycles. The number of carbonyl (C=O) groups is 2. The molecule has 2 amide bonds. The predicted octanol–water partition coefficient (Wildman–Crippen LogP) is 5.97. The van der Waals surface area contributed by atoms with E-state index in [-0.39, 0.29) is 12.5 Å². The quantitative estimate of drug-likeness (QED) is 0.247. The highest BCUT2D eigenvalue weighted by molar-refractivity contribution is 6.35. The first-order valence-corrected chi connectivity index (χ1v) is 11.9. The van der Waals surface area contributed by atoms with Crippen LogP contribution < -0.4 is 15.5 Å². The van der Waals surface area contributed by atoms with Gasteiger partial charge in [0.2, 0.25) is 0 Å². The summed E-state index contributed by atoms with van der Waals surface area (Å²) in [5.74, 6) is 0.671. The van der Waals surface area contributed by atoms with Crippen LogP contribution in [0.1, 0.15) is 26.0 Å². The molecule has 0 fully saturated rings. The SMILES string of the molecule is CC(C)C[C@@H](NC(=O)COc1ccc(Cl)cc1)C(=O)N/N=C\c1ccc(-c2cc(Cl)ccc2Cl)o1. The molecule has 10 heteroatoms. The van der Waals surface area contributed by atoms with Crippen molar-refractivity contribution in [3.8, 4) is 17.1 Å². The van der Waals surface area contributed by atoms with Crippen LogP contribution in [0.4, 0.5) is 0 Å². The zero-order valence-electron chi connectivity index (χ0n) is 19.1. The van der Waals surface area contributed by atoms with Gasteiger partial charge in [0.25, 0.3) is 11.8 Å². The highest BCUT2D eigenvalue weighted by atomic mass is 35.5. The molecule has 184 valence electrons. The maximum atomic E-state index is 12.7. The molecule has 0 aliphatic rings. The summed E-state index contributed by atoms with van der Waals surface area (Å²) in [6.07, 6.45) is 1.78. The third kappa shape index (κ3) is 8.31. The third-order valence-corrected chi connectivity index (χ3v) is 5.55. The number of rotatable bonds is 10. The summed E-state index contributed by atoms with van der Waals surface area (Å²) >= 11 is 18.1. The summed E-state index contributed by atoms with van der Waals surface area (Å²) in [5, 5.41) is 8.23. The second kappa shape index (κ2) is 12.6. The molecule has 0 bridgehead atoms. The number of nitrogens with one attached hydrogen (secondary N) is 2. The second-order valence-corrected chi connectivity index (χ2v) is 9.33. The van der Waals surface area contributed by atoms with E-state index in [0.29, 0.717) is 44.3 Å². The molecule has 0 saturated carbocycles. The van der Waals surface area contributed by atoms with Crippen LogP contribution in [0.2, 0.25) is 15.1 Å². The number of benzene rings is 2. The molecule has 0 radical (unpaired) electrons. The number of ether oxygens (including phenoxy) is 1. The van der Waals surface area contributed by atoms with E-state index in [1.165, 1.54) is 6.21 Å². The normalized spacial score (nSPS) is 12.1. The van der Waals surface area contributed by atoms with Gasteiger partial charge in [-0.05, 0) is 66.9 Å². The van der Waals surface area contributed by atoms with Crippen molar-refractivity contribution in [2.45, 2.75) is 26.3 Å². The molecule has 2 N–H and O–H groups in total. The molecule has 0 spiro atoms. The number of carbonyl (C=O) groups excluding carboxylic acids is 2. The van der Waals surface area contributed by atoms with Crippen LogP contribution in [0.5, 0.6) is 5.75 Å². The van der Waals surface area contributed by atoms with E-state index in [1.807, 2.05) is 13.8 Å². The Hall–Kier alpha value is -3.00. The Morgan fingerprint density at radius 2 is 1.74 bits per heavy atom. The molecule has 1 heterocycles. The second-order valence-electron chi connectivity index (χ2n) is 8.05. The van der Waals surface area contributed by atoms with Gasteiger partial charge >= 0.3 is 0 Å². The molecule has 0 unspecified atom stereocenters. The van der Waals surface area contributed by atoms with Gasteiger partial charge in [-0.25, -0.2) is 5.43 Å². The highest BCUT2D eigenvalue weighted by Crippen LogP contribution is 2.31. The van der Waals surface area contributed by atoms with Crippen molar-refractivity contribution < 1.29 is 18.7 Å². The zero-order valence-corrected chi connectivity index (χ0v) is 21.3. The smallest absolute Gasteiger partial charge is 0.262 e. The summed E-state index contributed by atoms with van der Waals surface area (Å²) in [6, 6.07) is 14.3. The van der Waals surface area contributed by atoms with Crippen LogP contribution in [-0.2, 0) is 9.59 Å². The van der Waals surface area contributed by atoms with Crippen molar-refractivity contribution in [2.24, 2.45) is 11.0 Å². The molecule has 7 nitrogen and oxygen atoms in total. The number of amides is 2. The lowest BCUT2D eigenvalue weighted by molar-refractivity contribution is -0.130. The summed E-state index contributed by atoms with van der Waals surface area (Å²) < 4.78 is 11.2. The van der Waals surface area contributed by atoms with Crippen molar-refractivity contribution >= 4 is 52.8 Å². The maximum Gasteiger partial charge on any atom is 0.262 e. The van der Waals surface area contributed by atoms with E-state index < -0.39 is 17.9 Å².